The van der Waals surface area contributed by atoms with Gasteiger partial charge in [0.05, 0.1) is 5.92 Å². The summed E-state index contributed by atoms with van der Waals surface area (Å²) in [6.07, 6.45) is -0.125. The molecule has 0 saturated carbocycles. The minimum absolute atomic E-state index is 0.0363. The minimum Gasteiger partial charge on any atom is -0.375 e. The highest BCUT2D eigenvalue weighted by Gasteiger charge is 2.35. The molecular weight excluding hydrogens is 352 g/mol. The van der Waals surface area contributed by atoms with E-state index in [1.807, 2.05) is 48.5 Å². The molecule has 1 fully saturated rings. The Morgan fingerprint density at radius 3 is 2.62 bits per heavy atom. The Balaban J connectivity index is 1.60. The van der Waals surface area contributed by atoms with Gasteiger partial charge in [-0.15, -0.1) is 0 Å². The summed E-state index contributed by atoms with van der Waals surface area (Å²) >= 11 is 6.20. The van der Waals surface area contributed by atoms with Crippen molar-refractivity contribution in [2.75, 3.05) is 25.1 Å². The zero-order valence-electron chi connectivity index (χ0n) is 14.5. The SMILES string of the molecule is COC(CNC(=O)C1CC(=O)N(c2ccccc2)C1)c1ccccc1Cl. The molecule has 0 spiro atoms. The fourth-order valence-electron chi connectivity index (χ4n) is 3.13. The summed E-state index contributed by atoms with van der Waals surface area (Å²) < 4.78 is 5.47. The van der Waals surface area contributed by atoms with Crippen molar-refractivity contribution >= 4 is 29.1 Å². The number of ether oxygens (including phenoxy) is 1. The number of hydrogen-bond donors (Lipinski definition) is 1. The Labute approximate surface area is 157 Å². The molecule has 1 heterocycles. The summed E-state index contributed by atoms with van der Waals surface area (Å²) in [5.74, 6) is -0.553. The van der Waals surface area contributed by atoms with Crippen LogP contribution < -0.4 is 10.2 Å². The Morgan fingerprint density at radius 2 is 1.92 bits per heavy atom. The fourth-order valence-corrected chi connectivity index (χ4v) is 3.39. The van der Waals surface area contributed by atoms with Gasteiger partial charge in [0, 0.05) is 42.9 Å². The third kappa shape index (κ3) is 4.06. The summed E-state index contributed by atoms with van der Waals surface area (Å²) in [6.45, 7) is 0.688. The van der Waals surface area contributed by atoms with E-state index in [0.29, 0.717) is 18.1 Å². The largest absolute Gasteiger partial charge is 0.375 e. The number of carbonyl (C=O) groups is 2. The van der Waals surface area contributed by atoms with Crippen molar-refractivity contribution in [3.8, 4) is 0 Å². The molecule has 1 saturated heterocycles. The van der Waals surface area contributed by atoms with Crippen molar-refractivity contribution < 1.29 is 14.3 Å². The van der Waals surface area contributed by atoms with Crippen LogP contribution in [0.25, 0.3) is 0 Å². The van der Waals surface area contributed by atoms with Crippen LogP contribution in [-0.4, -0.2) is 32.0 Å². The van der Waals surface area contributed by atoms with Gasteiger partial charge < -0.3 is 15.0 Å². The number of para-hydroxylation sites is 1. The zero-order chi connectivity index (χ0) is 18.5. The Bertz CT molecular complexity index is 782. The number of nitrogens with zero attached hydrogens (tertiary/aromatic N) is 1. The van der Waals surface area contributed by atoms with Crippen molar-refractivity contribution in [2.45, 2.75) is 12.5 Å². The number of rotatable bonds is 6. The van der Waals surface area contributed by atoms with Crippen LogP contribution in [0.4, 0.5) is 5.69 Å². The van der Waals surface area contributed by atoms with Crippen molar-refractivity contribution in [3.63, 3.8) is 0 Å². The second kappa shape index (κ2) is 8.34. The molecule has 2 amide bonds. The summed E-state index contributed by atoms with van der Waals surface area (Å²) in [6, 6.07) is 16.8. The zero-order valence-corrected chi connectivity index (χ0v) is 15.3. The first-order valence-electron chi connectivity index (χ1n) is 8.50. The average molecular weight is 373 g/mol. The minimum atomic E-state index is -0.369. The van der Waals surface area contributed by atoms with E-state index in [1.54, 1.807) is 18.1 Å². The molecule has 2 aromatic carbocycles. The molecule has 2 atom stereocenters. The van der Waals surface area contributed by atoms with Gasteiger partial charge in [0.2, 0.25) is 11.8 Å². The predicted molar refractivity (Wildman–Crippen MR) is 101 cm³/mol. The van der Waals surface area contributed by atoms with Crippen molar-refractivity contribution in [2.24, 2.45) is 5.92 Å². The Morgan fingerprint density at radius 1 is 1.23 bits per heavy atom. The lowest BCUT2D eigenvalue weighted by atomic mass is 10.1. The van der Waals surface area contributed by atoms with E-state index in [0.717, 1.165) is 11.3 Å². The van der Waals surface area contributed by atoms with Gasteiger partial charge >= 0.3 is 0 Å². The van der Waals surface area contributed by atoms with Gasteiger partial charge in [0.1, 0.15) is 6.10 Å². The monoisotopic (exact) mass is 372 g/mol. The maximum atomic E-state index is 12.5. The molecule has 0 aliphatic carbocycles. The molecule has 2 unspecified atom stereocenters. The van der Waals surface area contributed by atoms with Gasteiger partial charge in [-0.2, -0.15) is 0 Å². The number of methoxy groups -OCH3 is 1. The van der Waals surface area contributed by atoms with E-state index in [4.69, 9.17) is 16.3 Å². The van der Waals surface area contributed by atoms with E-state index in [2.05, 4.69) is 5.32 Å². The van der Waals surface area contributed by atoms with Crippen molar-refractivity contribution in [1.29, 1.82) is 0 Å². The molecule has 0 aromatic heterocycles. The van der Waals surface area contributed by atoms with E-state index >= 15 is 0 Å². The first-order valence-corrected chi connectivity index (χ1v) is 8.88. The van der Waals surface area contributed by atoms with Gasteiger partial charge in [0.15, 0.2) is 0 Å². The average Bonchev–Trinajstić information content (AvgIpc) is 3.06. The second-order valence-electron chi connectivity index (χ2n) is 6.23. The smallest absolute Gasteiger partial charge is 0.227 e. The maximum Gasteiger partial charge on any atom is 0.227 e. The molecule has 5 nitrogen and oxygen atoms in total. The molecule has 1 aliphatic rings. The number of hydrogen-bond acceptors (Lipinski definition) is 3. The highest BCUT2D eigenvalue weighted by atomic mass is 35.5. The summed E-state index contributed by atoms with van der Waals surface area (Å²) in [5, 5.41) is 3.49. The molecular formula is C20H21ClN2O3. The summed E-state index contributed by atoms with van der Waals surface area (Å²) in [5.41, 5.74) is 1.64. The van der Waals surface area contributed by atoms with Gasteiger partial charge in [-0.25, -0.2) is 0 Å². The van der Waals surface area contributed by atoms with Gasteiger partial charge in [0.25, 0.3) is 0 Å². The third-order valence-corrected chi connectivity index (χ3v) is 4.91. The van der Waals surface area contributed by atoms with E-state index in [-0.39, 0.29) is 30.3 Å². The van der Waals surface area contributed by atoms with E-state index in [1.165, 1.54) is 0 Å². The molecule has 2 aromatic rings. The number of benzene rings is 2. The first-order chi connectivity index (χ1) is 12.6. The molecule has 1 N–H and O–H groups in total. The maximum absolute atomic E-state index is 12.5. The quantitative estimate of drug-likeness (QED) is 0.847. The highest BCUT2D eigenvalue weighted by molar-refractivity contribution is 6.31. The standard InChI is InChI=1S/C20H21ClN2O3/c1-26-18(16-9-5-6-10-17(16)21)12-22-20(25)14-11-19(24)23(13-14)15-7-3-2-4-8-15/h2-10,14,18H,11-13H2,1H3,(H,22,25). The van der Waals surface area contributed by atoms with Crippen LogP contribution in [-0.2, 0) is 14.3 Å². The topological polar surface area (TPSA) is 58.6 Å². The van der Waals surface area contributed by atoms with Crippen LogP contribution in [0.5, 0.6) is 0 Å². The molecule has 136 valence electrons. The molecule has 0 bridgehead atoms. The Hall–Kier alpha value is -2.37. The molecule has 0 radical (unpaired) electrons. The van der Waals surface area contributed by atoms with Crippen LogP contribution >= 0.6 is 11.6 Å². The fraction of sp³-hybridized carbons (Fsp3) is 0.300. The van der Waals surface area contributed by atoms with Crippen LogP contribution in [0.15, 0.2) is 54.6 Å². The second-order valence-corrected chi connectivity index (χ2v) is 6.64. The molecule has 3 rings (SSSR count). The highest BCUT2D eigenvalue weighted by Crippen LogP contribution is 2.26. The van der Waals surface area contributed by atoms with Crippen LogP contribution in [0, 0.1) is 5.92 Å². The predicted octanol–water partition coefficient (Wildman–Crippen LogP) is 3.20. The lowest BCUT2D eigenvalue weighted by Gasteiger charge is -2.19. The van der Waals surface area contributed by atoms with Crippen LogP contribution in [0.1, 0.15) is 18.1 Å². The van der Waals surface area contributed by atoms with E-state index < -0.39 is 0 Å². The van der Waals surface area contributed by atoms with Crippen LogP contribution in [0.3, 0.4) is 0 Å². The third-order valence-electron chi connectivity index (χ3n) is 4.56. The Kier molecular flexibility index (Phi) is 5.91. The number of amides is 2. The van der Waals surface area contributed by atoms with E-state index in [9.17, 15) is 9.59 Å². The first kappa shape index (κ1) is 18.4. The summed E-state index contributed by atoms with van der Waals surface area (Å²) in [4.78, 5) is 26.4. The molecule has 1 aliphatic heterocycles. The van der Waals surface area contributed by atoms with Gasteiger partial charge in [-0.1, -0.05) is 48.0 Å². The van der Waals surface area contributed by atoms with Crippen LogP contribution in [0.2, 0.25) is 5.02 Å². The van der Waals surface area contributed by atoms with Crippen molar-refractivity contribution in [3.05, 3.63) is 65.2 Å². The molecule has 6 heteroatoms. The number of carbonyl (C=O) groups excluding carboxylic acids is 2. The number of anilines is 1. The van der Waals surface area contributed by atoms with Gasteiger partial charge in [-0.3, -0.25) is 9.59 Å². The number of halogens is 1. The normalized spacial score (nSPS) is 18.0. The lowest BCUT2D eigenvalue weighted by Crippen LogP contribution is -2.35. The molecule has 26 heavy (non-hydrogen) atoms. The number of nitrogens with one attached hydrogen (secondary N) is 1. The summed E-state index contributed by atoms with van der Waals surface area (Å²) in [7, 11) is 1.58. The van der Waals surface area contributed by atoms with Crippen molar-refractivity contribution in [1.82, 2.24) is 5.32 Å². The van der Waals surface area contributed by atoms with Gasteiger partial charge in [-0.05, 0) is 18.2 Å². The lowest BCUT2D eigenvalue weighted by molar-refractivity contribution is -0.126.